The summed E-state index contributed by atoms with van der Waals surface area (Å²) in [5, 5.41) is 13.3. The number of amides is 1. The smallest absolute Gasteiger partial charge is 0.336 e. The average molecular weight is 540 g/mol. The number of aryl methyl sites for hydroxylation is 1. The number of hydrogen-bond donors (Lipinski definition) is 2. The number of hydrogen-bond acceptors (Lipinski definition) is 6. The predicted molar refractivity (Wildman–Crippen MR) is 149 cm³/mol. The number of fused-ring (bicyclic) bond motifs is 2. The van der Waals surface area contributed by atoms with Crippen LogP contribution in [0.25, 0.3) is 33.4 Å². The Morgan fingerprint density at radius 3 is 2.67 bits per heavy atom. The van der Waals surface area contributed by atoms with E-state index in [1.807, 2.05) is 12.1 Å². The van der Waals surface area contributed by atoms with Crippen LogP contribution in [0.5, 0.6) is 0 Å². The summed E-state index contributed by atoms with van der Waals surface area (Å²) in [6.07, 6.45) is 9.06. The highest BCUT2D eigenvalue weighted by Gasteiger charge is 2.25. The summed E-state index contributed by atoms with van der Waals surface area (Å²) in [7, 11) is 0. The van der Waals surface area contributed by atoms with Crippen LogP contribution in [-0.4, -0.2) is 32.6 Å². The topological polar surface area (TPSA) is 128 Å². The van der Waals surface area contributed by atoms with Gasteiger partial charge >= 0.3 is 11.6 Å². The van der Waals surface area contributed by atoms with Crippen molar-refractivity contribution in [1.29, 1.82) is 0 Å². The van der Waals surface area contributed by atoms with E-state index in [0.29, 0.717) is 28.3 Å². The minimum atomic E-state index is -1.15. The van der Waals surface area contributed by atoms with Crippen LogP contribution in [0.15, 0.2) is 74.7 Å². The van der Waals surface area contributed by atoms with E-state index >= 15 is 0 Å². The molecule has 0 bridgehead atoms. The minimum Gasteiger partial charge on any atom is -0.480 e. The van der Waals surface area contributed by atoms with Crippen LogP contribution in [0, 0.1) is 6.92 Å². The number of carbonyl (C=O) groups excluding carboxylic acids is 1. The first kappa shape index (κ1) is 25.6. The zero-order valence-electron chi connectivity index (χ0n) is 22.1. The van der Waals surface area contributed by atoms with Crippen molar-refractivity contribution in [3.05, 3.63) is 88.2 Å². The molecule has 2 aromatic carbocycles. The van der Waals surface area contributed by atoms with Gasteiger partial charge in [0.1, 0.15) is 23.7 Å². The van der Waals surface area contributed by atoms with Gasteiger partial charge in [-0.25, -0.2) is 14.6 Å². The summed E-state index contributed by atoms with van der Waals surface area (Å²) in [5.74, 6) is -0.831. The maximum Gasteiger partial charge on any atom is 0.336 e. The van der Waals surface area contributed by atoms with Crippen LogP contribution in [0.4, 0.5) is 0 Å². The molecule has 1 aliphatic carbocycles. The molecule has 0 radical (unpaired) electrons. The first-order valence-electron chi connectivity index (χ1n) is 13.5. The Morgan fingerprint density at radius 1 is 1.10 bits per heavy atom. The molecule has 6 rings (SSSR count). The molecule has 2 N–H and O–H groups in total. The van der Waals surface area contributed by atoms with Gasteiger partial charge in [0, 0.05) is 29.5 Å². The van der Waals surface area contributed by atoms with E-state index < -0.39 is 23.5 Å². The summed E-state index contributed by atoms with van der Waals surface area (Å²) in [4.78, 5) is 41.9. The molecular formula is C31H29N3O6. The van der Waals surface area contributed by atoms with Crippen molar-refractivity contribution in [2.24, 2.45) is 0 Å². The van der Waals surface area contributed by atoms with E-state index in [1.165, 1.54) is 12.5 Å². The molecule has 9 nitrogen and oxygen atoms in total. The van der Waals surface area contributed by atoms with E-state index in [0.717, 1.165) is 53.5 Å². The van der Waals surface area contributed by atoms with E-state index in [4.69, 9.17) is 13.8 Å². The molecule has 1 fully saturated rings. The Balaban J connectivity index is 1.28. The average Bonchev–Trinajstić information content (AvgIpc) is 3.61. The molecular weight excluding hydrogens is 510 g/mol. The number of carboxylic acids is 1. The fraction of sp³-hybridized carbons (Fsp3) is 0.290. The molecule has 0 aliphatic heterocycles. The van der Waals surface area contributed by atoms with Crippen molar-refractivity contribution in [1.82, 2.24) is 14.9 Å². The number of nitrogens with one attached hydrogen (secondary N) is 1. The van der Waals surface area contributed by atoms with Gasteiger partial charge < -0.3 is 23.8 Å². The second-order valence-electron chi connectivity index (χ2n) is 10.5. The highest BCUT2D eigenvalue weighted by molar-refractivity contribution is 5.99. The molecule has 3 heterocycles. The maximum atomic E-state index is 13.2. The molecule has 1 unspecified atom stereocenters. The molecule has 0 spiro atoms. The van der Waals surface area contributed by atoms with Gasteiger partial charge in [-0.2, -0.15) is 0 Å². The number of carbonyl (C=O) groups is 2. The van der Waals surface area contributed by atoms with Crippen molar-refractivity contribution in [3.8, 4) is 11.4 Å². The highest BCUT2D eigenvalue weighted by Crippen LogP contribution is 2.36. The number of carboxylic acid groups (broad SMARTS) is 1. The number of aliphatic carboxylic acids is 1. The van der Waals surface area contributed by atoms with Crippen LogP contribution in [-0.2, 0) is 11.2 Å². The zero-order chi connectivity index (χ0) is 27.8. The normalized spacial score (nSPS) is 14.9. The van der Waals surface area contributed by atoms with Crippen LogP contribution in [0.3, 0.4) is 0 Å². The quantitative estimate of drug-likeness (QED) is 0.256. The van der Waals surface area contributed by atoms with E-state index in [-0.39, 0.29) is 6.42 Å². The van der Waals surface area contributed by atoms with Crippen molar-refractivity contribution < 1.29 is 23.5 Å². The largest absolute Gasteiger partial charge is 0.480 e. The van der Waals surface area contributed by atoms with Crippen LogP contribution >= 0.6 is 0 Å². The van der Waals surface area contributed by atoms with Crippen molar-refractivity contribution in [2.45, 2.75) is 57.5 Å². The molecule has 5 aromatic rings. The lowest BCUT2D eigenvalue weighted by Gasteiger charge is -2.25. The number of rotatable bonds is 7. The summed E-state index contributed by atoms with van der Waals surface area (Å²) in [6, 6.07) is 12.9. The van der Waals surface area contributed by atoms with E-state index in [1.54, 1.807) is 49.8 Å². The van der Waals surface area contributed by atoms with Gasteiger partial charge in [0.2, 0.25) is 0 Å². The number of nitrogens with zero attached hydrogens (tertiary/aromatic N) is 2. The third-order valence-corrected chi connectivity index (χ3v) is 7.73. The predicted octanol–water partition coefficient (Wildman–Crippen LogP) is 5.64. The highest BCUT2D eigenvalue weighted by atomic mass is 16.4. The number of imidazole rings is 1. The fourth-order valence-electron chi connectivity index (χ4n) is 5.72. The molecule has 3 aromatic heterocycles. The van der Waals surface area contributed by atoms with Gasteiger partial charge in [-0.1, -0.05) is 25.3 Å². The lowest BCUT2D eigenvalue weighted by molar-refractivity contribution is -0.139. The number of benzene rings is 2. The maximum absolute atomic E-state index is 13.2. The van der Waals surface area contributed by atoms with Gasteiger partial charge in [-0.3, -0.25) is 4.79 Å². The zero-order valence-corrected chi connectivity index (χ0v) is 22.1. The van der Waals surface area contributed by atoms with Crippen LogP contribution in [0.2, 0.25) is 0 Å². The first-order chi connectivity index (χ1) is 19.4. The summed E-state index contributed by atoms with van der Waals surface area (Å²) < 4.78 is 12.8. The molecule has 1 amide bonds. The van der Waals surface area contributed by atoms with Crippen LogP contribution in [0.1, 0.15) is 59.6 Å². The van der Waals surface area contributed by atoms with Crippen molar-refractivity contribution in [2.75, 3.05) is 0 Å². The minimum absolute atomic E-state index is 0.0682. The summed E-state index contributed by atoms with van der Waals surface area (Å²) >= 11 is 0. The fourth-order valence-corrected chi connectivity index (χ4v) is 5.72. The first-order valence-corrected chi connectivity index (χ1v) is 13.5. The van der Waals surface area contributed by atoms with E-state index in [2.05, 4.69) is 9.88 Å². The Kier molecular flexibility index (Phi) is 6.71. The second-order valence-corrected chi connectivity index (χ2v) is 10.5. The Labute approximate surface area is 229 Å². The summed E-state index contributed by atoms with van der Waals surface area (Å²) in [6.45, 7) is 1.79. The summed E-state index contributed by atoms with van der Waals surface area (Å²) in [5.41, 5.74) is 4.25. The van der Waals surface area contributed by atoms with Gasteiger partial charge in [-0.05, 0) is 67.3 Å². The number of furan rings is 1. The third kappa shape index (κ3) is 4.90. The molecule has 9 heteroatoms. The van der Waals surface area contributed by atoms with Crippen molar-refractivity contribution >= 4 is 33.9 Å². The lowest BCUT2D eigenvalue weighted by atomic mass is 9.95. The van der Waals surface area contributed by atoms with Gasteiger partial charge in [0.05, 0.1) is 22.9 Å². The van der Waals surface area contributed by atoms with E-state index in [9.17, 15) is 19.5 Å². The molecule has 1 atom stereocenters. The SMILES string of the molecule is Cc1cc(=O)oc2ccc(CC(NC(=O)c3ccc4c(c3)nc(-c3ccoc3)n4C3CCCCC3)C(=O)O)cc12. The molecule has 1 saturated carbocycles. The monoisotopic (exact) mass is 539 g/mol. The third-order valence-electron chi connectivity index (χ3n) is 7.73. The number of aromatic nitrogens is 2. The van der Waals surface area contributed by atoms with Crippen LogP contribution < -0.4 is 10.9 Å². The van der Waals surface area contributed by atoms with Gasteiger partial charge in [0.15, 0.2) is 0 Å². The van der Waals surface area contributed by atoms with Gasteiger partial charge in [0.25, 0.3) is 5.91 Å². The second kappa shape index (κ2) is 10.5. The van der Waals surface area contributed by atoms with Gasteiger partial charge in [-0.15, -0.1) is 0 Å². The molecule has 0 saturated heterocycles. The molecule has 1 aliphatic rings. The standard InChI is InChI=1S/C31H29N3O6/c1-18-13-28(35)40-27-10-7-19(14-23(18)27)15-25(31(37)38)33-30(36)20-8-9-26-24(16-20)32-29(21-11-12-39-17-21)34(26)22-5-3-2-4-6-22/h7-14,16-17,22,25H,2-6,15H2,1H3,(H,33,36)(H,37,38). The molecule has 40 heavy (non-hydrogen) atoms. The molecule has 204 valence electrons. The Morgan fingerprint density at radius 2 is 1.93 bits per heavy atom. The van der Waals surface area contributed by atoms with Crippen molar-refractivity contribution in [3.63, 3.8) is 0 Å². The Bertz CT molecular complexity index is 1780. The lowest BCUT2D eigenvalue weighted by Crippen LogP contribution is -2.42. The Hall–Kier alpha value is -4.66.